The summed E-state index contributed by atoms with van der Waals surface area (Å²) in [5, 5.41) is 18.0. The van der Waals surface area contributed by atoms with E-state index in [1.165, 1.54) is 12.1 Å². The maximum atomic E-state index is 11.7. The predicted octanol–water partition coefficient (Wildman–Crippen LogP) is -0.0552. The van der Waals surface area contributed by atoms with Crippen molar-refractivity contribution in [2.24, 2.45) is 5.14 Å². The molecular formula is C13H18N6O3S. The van der Waals surface area contributed by atoms with Gasteiger partial charge in [0, 0.05) is 13.1 Å². The Balaban J connectivity index is 1.82. The van der Waals surface area contributed by atoms with Gasteiger partial charge in [-0.1, -0.05) is 12.1 Å². The maximum Gasteiger partial charge on any atom is 0.315 e. The van der Waals surface area contributed by atoms with Gasteiger partial charge in [-0.05, 0) is 24.6 Å². The largest absolute Gasteiger partial charge is 0.334 e. The summed E-state index contributed by atoms with van der Waals surface area (Å²) < 4.78 is 24.1. The molecule has 4 N–H and O–H groups in total. The van der Waals surface area contributed by atoms with Crippen molar-refractivity contribution in [3.63, 3.8) is 0 Å². The molecule has 9 nitrogen and oxygen atoms in total. The normalized spacial score (nSPS) is 11.2. The molecule has 0 saturated heterocycles. The Kier molecular flexibility index (Phi) is 5.29. The van der Waals surface area contributed by atoms with Gasteiger partial charge < -0.3 is 15.2 Å². The highest BCUT2D eigenvalue weighted by atomic mass is 32.2. The molecule has 124 valence electrons. The van der Waals surface area contributed by atoms with Crippen LogP contribution in [-0.2, 0) is 29.7 Å². The van der Waals surface area contributed by atoms with Gasteiger partial charge in [-0.2, -0.15) is 0 Å². The van der Waals surface area contributed by atoms with E-state index in [1.807, 2.05) is 11.5 Å². The zero-order valence-corrected chi connectivity index (χ0v) is 13.4. The van der Waals surface area contributed by atoms with E-state index in [1.54, 1.807) is 18.5 Å². The Morgan fingerprint density at radius 2 is 1.87 bits per heavy atom. The van der Waals surface area contributed by atoms with Gasteiger partial charge in [-0.15, -0.1) is 10.2 Å². The first-order chi connectivity index (χ1) is 10.9. The molecule has 23 heavy (non-hydrogen) atoms. The predicted molar refractivity (Wildman–Crippen MR) is 82.6 cm³/mol. The highest BCUT2D eigenvalue weighted by Gasteiger charge is 2.08. The van der Waals surface area contributed by atoms with Gasteiger partial charge in [-0.25, -0.2) is 18.4 Å². The molecule has 0 radical (unpaired) electrons. The lowest BCUT2D eigenvalue weighted by molar-refractivity contribution is 0.239. The number of rotatable bonds is 6. The van der Waals surface area contributed by atoms with Gasteiger partial charge in [0.1, 0.15) is 6.33 Å². The van der Waals surface area contributed by atoms with Crippen LogP contribution >= 0.6 is 0 Å². The van der Waals surface area contributed by atoms with Crippen molar-refractivity contribution in [1.82, 2.24) is 25.4 Å². The van der Waals surface area contributed by atoms with E-state index in [2.05, 4.69) is 20.8 Å². The number of urea groups is 1. The quantitative estimate of drug-likeness (QED) is 0.679. The SMILES string of the molecule is CCn1cnnc1CNC(=O)NCc1ccc(S(N)(=O)=O)cc1. The van der Waals surface area contributed by atoms with Crippen molar-refractivity contribution < 1.29 is 13.2 Å². The summed E-state index contributed by atoms with van der Waals surface area (Å²) in [6.45, 7) is 3.21. The zero-order chi connectivity index (χ0) is 16.9. The molecule has 0 aliphatic heterocycles. The Morgan fingerprint density at radius 3 is 2.48 bits per heavy atom. The lowest BCUT2D eigenvalue weighted by Gasteiger charge is -2.08. The molecular weight excluding hydrogens is 320 g/mol. The molecule has 2 amide bonds. The third-order valence-corrected chi connectivity index (χ3v) is 4.08. The molecule has 0 unspecified atom stereocenters. The van der Waals surface area contributed by atoms with Gasteiger partial charge in [0.2, 0.25) is 10.0 Å². The van der Waals surface area contributed by atoms with Crippen LogP contribution in [-0.4, -0.2) is 29.2 Å². The summed E-state index contributed by atoms with van der Waals surface area (Å²) >= 11 is 0. The summed E-state index contributed by atoms with van der Waals surface area (Å²) in [5.41, 5.74) is 0.754. The summed E-state index contributed by atoms with van der Waals surface area (Å²) in [4.78, 5) is 11.8. The highest BCUT2D eigenvalue weighted by molar-refractivity contribution is 7.89. The van der Waals surface area contributed by atoms with E-state index in [0.717, 1.165) is 12.1 Å². The zero-order valence-electron chi connectivity index (χ0n) is 12.6. The number of benzene rings is 1. The number of aryl methyl sites for hydroxylation is 1. The van der Waals surface area contributed by atoms with Crippen molar-refractivity contribution in [2.45, 2.75) is 31.5 Å². The molecule has 0 spiro atoms. The van der Waals surface area contributed by atoms with Crippen LogP contribution in [0.2, 0.25) is 0 Å². The van der Waals surface area contributed by atoms with Gasteiger partial charge in [-0.3, -0.25) is 0 Å². The third-order valence-electron chi connectivity index (χ3n) is 3.15. The molecule has 2 rings (SSSR count). The van der Waals surface area contributed by atoms with E-state index in [4.69, 9.17) is 5.14 Å². The summed E-state index contributed by atoms with van der Waals surface area (Å²) in [7, 11) is -3.71. The van der Waals surface area contributed by atoms with Crippen molar-refractivity contribution in [2.75, 3.05) is 0 Å². The molecule has 1 heterocycles. The van der Waals surface area contributed by atoms with Crippen LogP contribution in [0.5, 0.6) is 0 Å². The number of hydrogen-bond acceptors (Lipinski definition) is 5. The highest BCUT2D eigenvalue weighted by Crippen LogP contribution is 2.08. The summed E-state index contributed by atoms with van der Waals surface area (Å²) in [6.07, 6.45) is 1.60. The maximum absolute atomic E-state index is 11.7. The van der Waals surface area contributed by atoms with Crippen molar-refractivity contribution in [3.05, 3.63) is 42.0 Å². The van der Waals surface area contributed by atoms with E-state index in [-0.39, 0.29) is 24.0 Å². The van der Waals surface area contributed by atoms with E-state index in [0.29, 0.717) is 5.82 Å². The second kappa shape index (κ2) is 7.20. The summed E-state index contributed by atoms with van der Waals surface area (Å²) in [6, 6.07) is 5.62. The second-order valence-corrected chi connectivity index (χ2v) is 6.32. The standard InChI is InChI=1S/C13H18N6O3S/c1-2-19-9-17-18-12(19)8-16-13(20)15-7-10-3-5-11(6-4-10)23(14,21)22/h3-6,9H,2,7-8H2,1H3,(H2,14,21,22)(H2,15,16,20). The number of hydrogen-bond donors (Lipinski definition) is 3. The number of aromatic nitrogens is 3. The molecule has 0 saturated carbocycles. The van der Waals surface area contributed by atoms with Crippen LogP contribution in [0.3, 0.4) is 0 Å². The second-order valence-electron chi connectivity index (χ2n) is 4.76. The first kappa shape index (κ1) is 16.9. The van der Waals surface area contributed by atoms with Crippen LogP contribution in [0.25, 0.3) is 0 Å². The lowest BCUT2D eigenvalue weighted by atomic mass is 10.2. The Bertz CT molecular complexity index is 769. The molecule has 0 atom stereocenters. The monoisotopic (exact) mass is 338 g/mol. The third kappa shape index (κ3) is 4.76. The molecule has 1 aromatic carbocycles. The fourth-order valence-corrected chi connectivity index (χ4v) is 2.40. The lowest BCUT2D eigenvalue weighted by Crippen LogP contribution is -2.35. The molecule has 0 bridgehead atoms. The van der Waals surface area contributed by atoms with Crippen LogP contribution in [0.1, 0.15) is 18.3 Å². The fourth-order valence-electron chi connectivity index (χ4n) is 1.88. The number of nitrogens with two attached hydrogens (primary N) is 1. The van der Waals surface area contributed by atoms with Crippen molar-refractivity contribution in [3.8, 4) is 0 Å². The van der Waals surface area contributed by atoms with Gasteiger partial charge in [0.15, 0.2) is 5.82 Å². The minimum absolute atomic E-state index is 0.0320. The number of amides is 2. The fraction of sp³-hybridized carbons (Fsp3) is 0.308. The minimum Gasteiger partial charge on any atom is -0.334 e. The topological polar surface area (TPSA) is 132 Å². The molecule has 0 aliphatic rings. The number of nitrogens with one attached hydrogen (secondary N) is 2. The van der Waals surface area contributed by atoms with E-state index in [9.17, 15) is 13.2 Å². The Hall–Kier alpha value is -2.46. The molecule has 1 aromatic heterocycles. The Morgan fingerprint density at radius 1 is 1.22 bits per heavy atom. The van der Waals surface area contributed by atoms with Crippen molar-refractivity contribution in [1.29, 1.82) is 0 Å². The Labute approximate surface area is 134 Å². The average Bonchev–Trinajstić information content (AvgIpc) is 2.98. The minimum atomic E-state index is -3.71. The molecule has 0 aliphatic carbocycles. The summed E-state index contributed by atoms with van der Waals surface area (Å²) in [5.74, 6) is 0.667. The molecule has 10 heteroatoms. The van der Waals surface area contributed by atoms with E-state index >= 15 is 0 Å². The van der Waals surface area contributed by atoms with Gasteiger partial charge in [0.05, 0.1) is 11.4 Å². The first-order valence-electron chi connectivity index (χ1n) is 6.90. The smallest absolute Gasteiger partial charge is 0.315 e. The molecule has 0 fully saturated rings. The average molecular weight is 338 g/mol. The number of sulfonamides is 1. The van der Waals surface area contributed by atoms with Crippen LogP contribution in [0, 0.1) is 0 Å². The van der Waals surface area contributed by atoms with Crippen LogP contribution < -0.4 is 15.8 Å². The first-order valence-corrected chi connectivity index (χ1v) is 8.45. The number of carbonyl (C=O) groups is 1. The number of carbonyl (C=O) groups excluding carboxylic acids is 1. The van der Waals surface area contributed by atoms with Gasteiger partial charge in [0.25, 0.3) is 0 Å². The van der Waals surface area contributed by atoms with Crippen molar-refractivity contribution >= 4 is 16.1 Å². The van der Waals surface area contributed by atoms with E-state index < -0.39 is 10.0 Å². The van der Waals surface area contributed by atoms with Gasteiger partial charge >= 0.3 is 6.03 Å². The number of primary sulfonamides is 1. The molecule has 2 aromatic rings. The van der Waals surface area contributed by atoms with Crippen LogP contribution in [0.15, 0.2) is 35.5 Å². The van der Waals surface area contributed by atoms with Crippen LogP contribution in [0.4, 0.5) is 4.79 Å². The number of nitrogens with zero attached hydrogens (tertiary/aromatic N) is 3.